The zero-order chi connectivity index (χ0) is 10.0. The van der Waals surface area contributed by atoms with Crippen LogP contribution < -0.4 is 5.32 Å². The molecular formula is C10H17NO3. The summed E-state index contributed by atoms with van der Waals surface area (Å²) in [5, 5.41) is 12.1. The van der Waals surface area contributed by atoms with E-state index in [9.17, 15) is 4.79 Å². The van der Waals surface area contributed by atoms with Crippen LogP contribution in [0.25, 0.3) is 0 Å². The first kappa shape index (κ1) is 9.93. The molecule has 0 amide bonds. The van der Waals surface area contributed by atoms with Gasteiger partial charge in [-0.05, 0) is 38.1 Å². The summed E-state index contributed by atoms with van der Waals surface area (Å²) in [5.74, 6) is -0.0759. The van der Waals surface area contributed by atoms with Gasteiger partial charge in [-0.1, -0.05) is 0 Å². The van der Waals surface area contributed by atoms with Crippen LogP contribution in [-0.2, 0) is 9.53 Å². The molecule has 4 nitrogen and oxygen atoms in total. The Bertz CT molecular complexity index is 219. The number of carboxylic acid groups (broad SMARTS) is 1. The van der Waals surface area contributed by atoms with E-state index in [4.69, 9.17) is 9.84 Å². The van der Waals surface area contributed by atoms with Gasteiger partial charge >= 0.3 is 5.97 Å². The van der Waals surface area contributed by atoms with E-state index in [1.54, 1.807) is 0 Å². The molecule has 0 spiro atoms. The van der Waals surface area contributed by atoms with Crippen molar-refractivity contribution >= 4 is 5.97 Å². The highest BCUT2D eigenvalue weighted by atomic mass is 16.5. The van der Waals surface area contributed by atoms with Gasteiger partial charge in [-0.25, -0.2) is 0 Å². The summed E-state index contributed by atoms with van der Waals surface area (Å²) in [6.45, 7) is 1.84. The second-order valence-corrected chi connectivity index (χ2v) is 4.38. The van der Waals surface area contributed by atoms with E-state index in [-0.39, 0.29) is 0 Å². The van der Waals surface area contributed by atoms with Crippen LogP contribution in [0, 0.1) is 5.92 Å². The average molecular weight is 199 g/mol. The average Bonchev–Trinajstić information content (AvgIpc) is 2.82. The van der Waals surface area contributed by atoms with Gasteiger partial charge in [-0.2, -0.15) is 0 Å². The number of hydrogen-bond acceptors (Lipinski definition) is 3. The lowest BCUT2D eigenvalue weighted by Crippen LogP contribution is -2.51. The fraction of sp³-hybridized carbons (Fsp3) is 0.900. The van der Waals surface area contributed by atoms with E-state index in [1.165, 1.54) is 12.8 Å². The molecule has 1 heterocycles. The Labute approximate surface area is 83.6 Å². The Morgan fingerprint density at radius 1 is 1.57 bits per heavy atom. The minimum atomic E-state index is -0.797. The van der Waals surface area contributed by atoms with Crippen molar-refractivity contribution in [3.8, 4) is 0 Å². The lowest BCUT2D eigenvalue weighted by atomic mass is 9.99. The Morgan fingerprint density at radius 2 is 2.36 bits per heavy atom. The predicted octanol–water partition coefficient (Wildman–Crippen LogP) is 0.620. The van der Waals surface area contributed by atoms with Crippen molar-refractivity contribution in [3.05, 3.63) is 0 Å². The summed E-state index contributed by atoms with van der Waals surface area (Å²) in [4.78, 5) is 11.1. The zero-order valence-corrected chi connectivity index (χ0v) is 8.29. The van der Waals surface area contributed by atoms with Crippen LogP contribution in [0.2, 0.25) is 0 Å². The molecule has 2 fully saturated rings. The fourth-order valence-corrected chi connectivity index (χ4v) is 1.86. The SMILES string of the molecule is O=C(O)C1(COCC2CC2)CCCN1. The molecule has 1 saturated heterocycles. The van der Waals surface area contributed by atoms with Crippen molar-refractivity contribution < 1.29 is 14.6 Å². The van der Waals surface area contributed by atoms with E-state index in [1.807, 2.05) is 0 Å². The van der Waals surface area contributed by atoms with Crippen LogP contribution in [0.1, 0.15) is 25.7 Å². The minimum absolute atomic E-state index is 0.318. The van der Waals surface area contributed by atoms with Crippen molar-refractivity contribution in [1.82, 2.24) is 5.32 Å². The Hall–Kier alpha value is -0.610. The van der Waals surface area contributed by atoms with E-state index in [2.05, 4.69) is 5.32 Å². The fourth-order valence-electron chi connectivity index (χ4n) is 1.86. The van der Waals surface area contributed by atoms with Gasteiger partial charge < -0.3 is 9.84 Å². The van der Waals surface area contributed by atoms with Gasteiger partial charge in [0.05, 0.1) is 6.61 Å². The smallest absolute Gasteiger partial charge is 0.326 e. The summed E-state index contributed by atoms with van der Waals surface area (Å²) < 4.78 is 5.46. The maximum absolute atomic E-state index is 11.1. The number of hydrogen-bond donors (Lipinski definition) is 2. The van der Waals surface area contributed by atoms with E-state index in [0.717, 1.165) is 19.6 Å². The number of nitrogens with one attached hydrogen (secondary N) is 1. The first-order valence-corrected chi connectivity index (χ1v) is 5.29. The first-order valence-electron chi connectivity index (χ1n) is 5.29. The van der Waals surface area contributed by atoms with Gasteiger partial charge in [-0.3, -0.25) is 10.1 Å². The van der Waals surface area contributed by atoms with Crippen molar-refractivity contribution in [2.75, 3.05) is 19.8 Å². The third-order valence-electron chi connectivity index (χ3n) is 3.05. The number of carbonyl (C=O) groups is 1. The molecule has 1 aliphatic heterocycles. The number of ether oxygens (including phenoxy) is 1. The van der Waals surface area contributed by atoms with Crippen molar-refractivity contribution in [3.63, 3.8) is 0 Å². The van der Waals surface area contributed by atoms with Crippen LogP contribution in [0.3, 0.4) is 0 Å². The molecule has 0 aromatic rings. The van der Waals surface area contributed by atoms with Crippen molar-refractivity contribution in [2.24, 2.45) is 5.92 Å². The molecule has 0 radical (unpaired) electrons. The maximum Gasteiger partial charge on any atom is 0.326 e. The molecule has 1 atom stereocenters. The molecular weight excluding hydrogens is 182 g/mol. The molecule has 2 rings (SSSR count). The molecule has 1 unspecified atom stereocenters. The monoisotopic (exact) mass is 199 g/mol. The molecule has 2 aliphatic rings. The summed E-state index contributed by atoms with van der Waals surface area (Å²) in [7, 11) is 0. The van der Waals surface area contributed by atoms with Gasteiger partial charge in [0.15, 0.2) is 0 Å². The molecule has 0 bridgehead atoms. The van der Waals surface area contributed by atoms with Crippen LogP contribution in [-0.4, -0.2) is 36.4 Å². The summed E-state index contributed by atoms with van der Waals surface area (Å²) in [6, 6.07) is 0. The van der Waals surface area contributed by atoms with Gasteiger partial charge in [0.1, 0.15) is 5.54 Å². The molecule has 0 aromatic heterocycles. The predicted molar refractivity (Wildman–Crippen MR) is 51.1 cm³/mol. The molecule has 14 heavy (non-hydrogen) atoms. The Morgan fingerprint density at radius 3 is 2.86 bits per heavy atom. The number of aliphatic carboxylic acids is 1. The topological polar surface area (TPSA) is 58.6 Å². The second kappa shape index (κ2) is 3.87. The Kier molecular flexibility index (Phi) is 2.74. The van der Waals surface area contributed by atoms with Gasteiger partial charge in [0.25, 0.3) is 0 Å². The quantitative estimate of drug-likeness (QED) is 0.681. The third-order valence-corrected chi connectivity index (χ3v) is 3.05. The minimum Gasteiger partial charge on any atom is -0.480 e. The highest BCUT2D eigenvalue weighted by Gasteiger charge is 2.41. The lowest BCUT2D eigenvalue weighted by Gasteiger charge is -2.24. The van der Waals surface area contributed by atoms with Gasteiger partial charge in [-0.15, -0.1) is 0 Å². The molecule has 4 heteroatoms. The largest absolute Gasteiger partial charge is 0.480 e. The molecule has 0 aromatic carbocycles. The Balaban J connectivity index is 1.80. The molecule has 80 valence electrons. The lowest BCUT2D eigenvalue weighted by molar-refractivity contribution is -0.147. The van der Waals surface area contributed by atoms with Gasteiger partial charge in [0, 0.05) is 6.61 Å². The third kappa shape index (κ3) is 2.07. The number of carboxylic acids is 1. The molecule has 2 N–H and O–H groups in total. The van der Waals surface area contributed by atoms with Crippen molar-refractivity contribution in [1.29, 1.82) is 0 Å². The first-order chi connectivity index (χ1) is 6.73. The summed E-state index contributed by atoms with van der Waals surface area (Å²) >= 11 is 0. The van der Waals surface area contributed by atoms with Crippen LogP contribution in [0.15, 0.2) is 0 Å². The summed E-state index contributed by atoms with van der Waals surface area (Å²) in [6.07, 6.45) is 4.10. The number of rotatable bonds is 5. The maximum atomic E-state index is 11.1. The second-order valence-electron chi connectivity index (χ2n) is 4.38. The van der Waals surface area contributed by atoms with E-state index >= 15 is 0 Å². The van der Waals surface area contributed by atoms with Gasteiger partial charge in [0.2, 0.25) is 0 Å². The van der Waals surface area contributed by atoms with Crippen LogP contribution in [0.4, 0.5) is 0 Å². The summed E-state index contributed by atoms with van der Waals surface area (Å²) in [5.41, 5.74) is -0.797. The van der Waals surface area contributed by atoms with Crippen LogP contribution in [0.5, 0.6) is 0 Å². The standard InChI is InChI=1S/C10H17NO3/c12-9(13)10(4-1-5-11-10)7-14-6-8-2-3-8/h8,11H,1-7H2,(H,12,13). The highest BCUT2D eigenvalue weighted by Crippen LogP contribution is 2.29. The van der Waals surface area contributed by atoms with Crippen molar-refractivity contribution in [2.45, 2.75) is 31.2 Å². The normalized spacial score (nSPS) is 32.0. The van der Waals surface area contributed by atoms with E-state index in [0.29, 0.717) is 18.9 Å². The molecule has 1 aliphatic carbocycles. The highest BCUT2D eigenvalue weighted by molar-refractivity contribution is 5.79. The van der Waals surface area contributed by atoms with E-state index < -0.39 is 11.5 Å². The molecule has 1 saturated carbocycles. The van der Waals surface area contributed by atoms with Crippen LogP contribution >= 0.6 is 0 Å². The zero-order valence-electron chi connectivity index (χ0n) is 8.29.